The van der Waals surface area contributed by atoms with E-state index in [4.69, 9.17) is 0 Å². The molecule has 24 heavy (non-hydrogen) atoms. The van der Waals surface area contributed by atoms with Crippen LogP contribution in [-0.2, 0) is 0 Å². The normalized spacial score (nSPS) is 14.2. The lowest BCUT2D eigenvalue weighted by molar-refractivity contribution is -0.0334. The van der Waals surface area contributed by atoms with E-state index in [1.54, 1.807) is 61.5 Å². The van der Waals surface area contributed by atoms with Crippen molar-refractivity contribution >= 4 is 33.5 Å². The van der Waals surface area contributed by atoms with Crippen molar-refractivity contribution in [2.75, 3.05) is 0 Å². The Morgan fingerprint density at radius 3 is 2.17 bits per heavy atom. The number of ketones is 1. The second-order valence-electron chi connectivity index (χ2n) is 5.28. The summed E-state index contributed by atoms with van der Waals surface area (Å²) in [6, 6.07) is 15.2. The van der Waals surface area contributed by atoms with Crippen molar-refractivity contribution in [3.05, 3.63) is 70.2 Å². The largest absolute Gasteiger partial charge is 0.442 e. The Bertz CT molecular complexity index is 671. The quantitative estimate of drug-likeness (QED) is 0.503. The van der Waals surface area contributed by atoms with Crippen LogP contribution in [0.3, 0.4) is 0 Å². The lowest BCUT2D eigenvalue weighted by Crippen LogP contribution is -2.28. The van der Waals surface area contributed by atoms with Gasteiger partial charge in [-0.3, -0.25) is 4.79 Å². The minimum atomic E-state index is -4.47. The van der Waals surface area contributed by atoms with Gasteiger partial charge in [0.15, 0.2) is 5.78 Å². The van der Waals surface area contributed by atoms with Crippen molar-refractivity contribution in [1.29, 1.82) is 0 Å². The molecule has 128 valence electrons. The lowest BCUT2D eigenvalue weighted by atomic mass is 9.89. The number of halogens is 4. The number of carbonyl (C=O) groups excluding carboxylic acids is 1. The number of thioether (sulfide) groups is 1. The summed E-state index contributed by atoms with van der Waals surface area (Å²) in [4.78, 5) is 12.7. The van der Waals surface area contributed by atoms with Crippen LogP contribution < -0.4 is 0 Å². The first kappa shape index (κ1) is 19.1. The molecule has 2 aromatic carbocycles. The smallest absolute Gasteiger partial charge is 0.293 e. The Labute approximate surface area is 151 Å². The number of Topliss-reactive ketones (excluding diaryl/α,β-unsaturated/α-hetero) is 1. The lowest BCUT2D eigenvalue weighted by Gasteiger charge is -2.26. The molecule has 0 aliphatic carbocycles. The molecular formula is C18H16BrF3OS. The van der Waals surface area contributed by atoms with Crippen LogP contribution in [0.5, 0.6) is 0 Å². The fourth-order valence-corrected chi connectivity index (χ4v) is 3.87. The van der Waals surface area contributed by atoms with Gasteiger partial charge in [0, 0.05) is 16.0 Å². The first-order chi connectivity index (χ1) is 11.3. The van der Waals surface area contributed by atoms with Gasteiger partial charge in [-0.25, -0.2) is 0 Å². The fourth-order valence-electron chi connectivity index (χ4n) is 2.56. The molecule has 6 heteroatoms. The van der Waals surface area contributed by atoms with E-state index in [2.05, 4.69) is 15.9 Å². The summed E-state index contributed by atoms with van der Waals surface area (Å²) in [6.45, 7) is 1.80. The molecule has 1 nitrogen and oxygen atoms in total. The highest BCUT2D eigenvalue weighted by molar-refractivity contribution is 9.10. The Balaban J connectivity index is 2.40. The standard InChI is InChI=1S/C18H16BrF3OS/c1-2-15(12-8-10-14(19)11-9-12)17(24-18(20,21)22)16(23)13-6-4-3-5-7-13/h3-11,15,17H,2H2,1H3/t15-,17+/m1/s1. The number of rotatable bonds is 6. The fraction of sp³-hybridized carbons (Fsp3) is 0.278. The zero-order chi connectivity index (χ0) is 17.7. The first-order valence-electron chi connectivity index (χ1n) is 7.41. The third-order valence-electron chi connectivity index (χ3n) is 3.68. The van der Waals surface area contributed by atoms with Crippen molar-refractivity contribution in [3.8, 4) is 0 Å². The van der Waals surface area contributed by atoms with Gasteiger partial charge in [0.25, 0.3) is 0 Å². The second-order valence-corrected chi connectivity index (χ2v) is 7.40. The van der Waals surface area contributed by atoms with Gasteiger partial charge in [0.05, 0.1) is 5.25 Å². The van der Waals surface area contributed by atoms with Gasteiger partial charge in [-0.2, -0.15) is 13.2 Å². The number of alkyl halides is 3. The van der Waals surface area contributed by atoms with Crippen molar-refractivity contribution in [1.82, 2.24) is 0 Å². The molecule has 0 amide bonds. The molecule has 0 saturated heterocycles. The van der Waals surface area contributed by atoms with Gasteiger partial charge in [0.2, 0.25) is 0 Å². The monoisotopic (exact) mass is 416 g/mol. The van der Waals surface area contributed by atoms with E-state index in [0.29, 0.717) is 12.0 Å². The molecular weight excluding hydrogens is 401 g/mol. The summed E-state index contributed by atoms with van der Waals surface area (Å²) in [6.07, 6.45) is 0.438. The van der Waals surface area contributed by atoms with Crippen molar-refractivity contribution in [3.63, 3.8) is 0 Å². The topological polar surface area (TPSA) is 17.1 Å². The van der Waals surface area contributed by atoms with Gasteiger partial charge < -0.3 is 0 Å². The molecule has 0 aliphatic heterocycles. The van der Waals surface area contributed by atoms with E-state index in [-0.39, 0.29) is 11.8 Å². The van der Waals surface area contributed by atoms with Crippen LogP contribution in [0, 0.1) is 0 Å². The number of hydrogen-bond acceptors (Lipinski definition) is 2. The van der Waals surface area contributed by atoms with Gasteiger partial charge in [0.1, 0.15) is 0 Å². The summed E-state index contributed by atoms with van der Waals surface area (Å²) < 4.78 is 40.0. The van der Waals surface area contributed by atoms with Crippen molar-refractivity contribution in [2.45, 2.75) is 30.0 Å². The van der Waals surface area contributed by atoms with Crippen LogP contribution >= 0.6 is 27.7 Å². The van der Waals surface area contributed by atoms with E-state index < -0.39 is 22.5 Å². The Morgan fingerprint density at radius 1 is 1.08 bits per heavy atom. The van der Waals surface area contributed by atoms with E-state index in [1.807, 2.05) is 0 Å². The van der Waals surface area contributed by atoms with Gasteiger partial charge >= 0.3 is 5.51 Å². The summed E-state index contributed by atoms with van der Waals surface area (Å²) in [7, 11) is 0. The SMILES string of the molecule is CC[C@H](c1ccc(Br)cc1)[C@H](SC(F)(F)F)C(=O)c1ccccc1. The van der Waals surface area contributed by atoms with Crippen LogP contribution in [0.25, 0.3) is 0 Å². The molecule has 2 aromatic rings. The van der Waals surface area contributed by atoms with E-state index >= 15 is 0 Å². The predicted octanol–water partition coefficient (Wildman–Crippen LogP) is 6.45. The molecule has 0 unspecified atom stereocenters. The molecule has 2 atom stereocenters. The maximum absolute atomic E-state index is 13.1. The van der Waals surface area contributed by atoms with Crippen LogP contribution in [0.1, 0.15) is 35.2 Å². The van der Waals surface area contributed by atoms with Crippen LogP contribution in [-0.4, -0.2) is 16.5 Å². The maximum Gasteiger partial charge on any atom is 0.442 e. The molecule has 0 radical (unpaired) electrons. The van der Waals surface area contributed by atoms with Crippen molar-refractivity contribution in [2.24, 2.45) is 0 Å². The molecule has 0 heterocycles. The average Bonchev–Trinajstić information content (AvgIpc) is 2.55. The Kier molecular flexibility index (Phi) is 6.52. The van der Waals surface area contributed by atoms with Crippen LogP contribution in [0.2, 0.25) is 0 Å². The second kappa shape index (κ2) is 8.21. The van der Waals surface area contributed by atoms with Gasteiger partial charge in [-0.05, 0) is 35.9 Å². The molecule has 0 N–H and O–H groups in total. The molecule has 2 rings (SSSR count). The highest BCUT2D eigenvalue weighted by Gasteiger charge is 2.40. The summed E-state index contributed by atoms with van der Waals surface area (Å²) in [5.41, 5.74) is -3.45. The van der Waals surface area contributed by atoms with Crippen LogP contribution in [0.4, 0.5) is 13.2 Å². The first-order valence-corrected chi connectivity index (χ1v) is 9.08. The number of hydrogen-bond donors (Lipinski definition) is 0. The maximum atomic E-state index is 13.1. The molecule has 0 aromatic heterocycles. The molecule has 0 aliphatic rings. The summed E-state index contributed by atoms with van der Waals surface area (Å²) in [5, 5.41) is -1.21. The highest BCUT2D eigenvalue weighted by Crippen LogP contribution is 2.42. The van der Waals surface area contributed by atoms with E-state index in [1.165, 1.54) is 0 Å². The Hall–Kier alpha value is -1.27. The van der Waals surface area contributed by atoms with Crippen molar-refractivity contribution < 1.29 is 18.0 Å². The number of benzene rings is 2. The van der Waals surface area contributed by atoms with Crippen LogP contribution in [0.15, 0.2) is 59.1 Å². The molecule has 0 fully saturated rings. The Morgan fingerprint density at radius 2 is 1.67 bits per heavy atom. The van der Waals surface area contributed by atoms with Gasteiger partial charge in [-0.1, -0.05) is 65.3 Å². The minimum absolute atomic E-state index is 0.225. The van der Waals surface area contributed by atoms with E-state index in [0.717, 1.165) is 10.0 Å². The number of carbonyl (C=O) groups is 1. The molecule has 0 spiro atoms. The highest BCUT2D eigenvalue weighted by atomic mass is 79.9. The average molecular weight is 417 g/mol. The molecule has 0 bridgehead atoms. The van der Waals surface area contributed by atoms with Gasteiger partial charge in [-0.15, -0.1) is 0 Å². The third kappa shape index (κ3) is 5.11. The summed E-state index contributed by atoms with van der Waals surface area (Å²) in [5.74, 6) is -1.01. The zero-order valence-corrected chi connectivity index (χ0v) is 15.3. The zero-order valence-electron chi connectivity index (χ0n) is 12.9. The summed E-state index contributed by atoms with van der Waals surface area (Å²) >= 11 is 3.09. The third-order valence-corrected chi connectivity index (χ3v) is 5.27. The minimum Gasteiger partial charge on any atom is -0.293 e. The molecule has 0 saturated carbocycles. The van der Waals surface area contributed by atoms with E-state index in [9.17, 15) is 18.0 Å². The predicted molar refractivity (Wildman–Crippen MR) is 95.4 cm³/mol.